The lowest BCUT2D eigenvalue weighted by molar-refractivity contribution is -0.303. The lowest BCUT2D eigenvalue weighted by Crippen LogP contribution is -2.60. The zero-order chi connectivity index (χ0) is 47.6. The first-order valence-electron chi connectivity index (χ1n) is 26.9. The van der Waals surface area contributed by atoms with E-state index >= 15 is 0 Å². The van der Waals surface area contributed by atoms with E-state index < -0.39 is 74.2 Å². The smallest absolute Gasteiger partial charge is 0.249 e. The maximum atomic E-state index is 13.1. The predicted molar refractivity (Wildman–Crippen MR) is 265 cm³/mol. The predicted octanol–water partition coefficient (Wildman–Crippen LogP) is 10.3. The summed E-state index contributed by atoms with van der Waals surface area (Å²) in [6.45, 7) is 3.42. The van der Waals surface area contributed by atoms with E-state index in [1.54, 1.807) is 0 Å². The summed E-state index contributed by atoms with van der Waals surface area (Å²) in [5, 5.41) is 75.8. The van der Waals surface area contributed by atoms with Crippen LogP contribution in [-0.2, 0) is 14.3 Å². The van der Waals surface area contributed by atoms with Gasteiger partial charge in [-0.2, -0.15) is 0 Å². The molecule has 0 aromatic carbocycles. The van der Waals surface area contributed by atoms with Crippen molar-refractivity contribution in [3.8, 4) is 0 Å². The highest BCUT2D eigenvalue weighted by Gasteiger charge is 2.44. The van der Waals surface area contributed by atoms with Crippen LogP contribution < -0.4 is 5.32 Å². The van der Waals surface area contributed by atoms with Crippen molar-refractivity contribution in [2.45, 2.75) is 287 Å². The Morgan fingerprint density at radius 1 is 0.523 bits per heavy atom. The lowest BCUT2D eigenvalue weighted by atomic mass is 9.98. The Kier molecular flexibility index (Phi) is 41.1. The summed E-state index contributed by atoms with van der Waals surface area (Å²) in [4.78, 5) is 13.1. The molecule has 1 aliphatic heterocycles. The van der Waals surface area contributed by atoms with E-state index in [1.807, 2.05) is 0 Å². The number of amides is 1. The third-order valence-corrected chi connectivity index (χ3v) is 12.9. The van der Waals surface area contributed by atoms with Gasteiger partial charge in [0.15, 0.2) is 6.29 Å². The fraction of sp³-hybridized carbons (Fsp3) is 0.870. The normalized spacial score (nSPS) is 21.2. The quantitative estimate of drug-likeness (QED) is 0.0216. The van der Waals surface area contributed by atoms with Crippen LogP contribution in [0.5, 0.6) is 0 Å². The van der Waals surface area contributed by atoms with Crippen LogP contribution >= 0.6 is 0 Å². The van der Waals surface area contributed by atoms with Gasteiger partial charge in [-0.15, -0.1) is 0 Å². The van der Waals surface area contributed by atoms with Crippen LogP contribution in [-0.4, -0.2) is 110 Å². The number of aliphatic hydroxyl groups excluding tert-OH is 7. The lowest BCUT2D eigenvalue weighted by Gasteiger charge is -2.40. The Hall–Kier alpha value is -1.67. The van der Waals surface area contributed by atoms with Crippen molar-refractivity contribution >= 4 is 5.91 Å². The molecule has 0 bridgehead atoms. The van der Waals surface area contributed by atoms with Gasteiger partial charge in [0, 0.05) is 0 Å². The van der Waals surface area contributed by atoms with Crippen LogP contribution in [0.3, 0.4) is 0 Å². The number of rotatable bonds is 45. The molecule has 0 saturated carbocycles. The molecule has 1 fully saturated rings. The minimum absolute atomic E-state index is 0.242. The van der Waals surface area contributed by atoms with Crippen LogP contribution in [0.4, 0.5) is 0 Å². The van der Waals surface area contributed by atoms with Gasteiger partial charge in [-0.05, 0) is 64.2 Å². The number of aliphatic hydroxyl groups is 7. The van der Waals surface area contributed by atoms with E-state index in [0.29, 0.717) is 19.3 Å². The Labute approximate surface area is 397 Å². The van der Waals surface area contributed by atoms with E-state index in [0.717, 1.165) is 44.9 Å². The van der Waals surface area contributed by atoms with Crippen molar-refractivity contribution in [3.63, 3.8) is 0 Å². The van der Waals surface area contributed by atoms with Gasteiger partial charge in [0.25, 0.3) is 0 Å². The molecular formula is C54H101NO10. The van der Waals surface area contributed by atoms with E-state index in [2.05, 4.69) is 55.6 Å². The van der Waals surface area contributed by atoms with Crippen molar-refractivity contribution in [2.75, 3.05) is 13.2 Å². The molecule has 1 saturated heterocycles. The molecule has 1 amide bonds. The topological polar surface area (TPSA) is 189 Å². The van der Waals surface area contributed by atoms with Crippen LogP contribution in [0, 0.1) is 0 Å². The second kappa shape index (κ2) is 43.6. The summed E-state index contributed by atoms with van der Waals surface area (Å²) in [6.07, 6.45) is 40.7. The molecule has 11 heteroatoms. The Balaban J connectivity index is 2.34. The number of hydrogen-bond acceptors (Lipinski definition) is 10. The second-order valence-electron chi connectivity index (χ2n) is 18.9. The number of allylic oxidation sites excluding steroid dienone is 6. The third-order valence-electron chi connectivity index (χ3n) is 12.9. The molecule has 0 aromatic heterocycles. The van der Waals surface area contributed by atoms with Gasteiger partial charge in [0.2, 0.25) is 5.91 Å². The first-order chi connectivity index (χ1) is 31.7. The van der Waals surface area contributed by atoms with E-state index in [4.69, 9.17) is 9.47 Å². The van der Waals surface area contributed by atoms with E-state index in [-0.39, 0.29) is 12.8 Å². The molecule has 0 radical (unpaired) electrons. The monoisotopic (exact) mass is 924 g/mol. The summed E-state index contributed by atoms with van der Waals surface area (Å²) < 4.78 is 11.1. The highest BCUT2D eigenvalue weighted by molar-refractivity contribution is 5.80. The molecule has 382 valence electrons. The van der Waals surface area contributed by atoms with Gasteiger partial charge in [-0.1, -0.05) is 204 Å². The fourth-order valence-corrected chi connectivity index (χ4v) is 8.47. The SMILES string of the molecule is CCCCCCCCCCCCCCCC/C=C/CC/C=C/CC/C=C/CCCC(O)C(O)C(COC1OC(CO)C(O)C(O)C1O)NC(=O)C(O)CCCCCCCCCCCCC. The molecule has 1 heterocycles. The fourth-order valence-electron chi connectivity index (χ4n) is 8.47. The molecule has 11 nitrogen and oxygen atoms in total. The van der Waals surface area contributed by atoms with Crippen molar-refractivity contribution in [1.82, 2.24) is 5.32 Å². The van der Waals surface area contributed by atoms with Gasteiger partial charge in [0.1, 0.15) is 36.6 Å². The molecule has 1 aliphatic rings. The number of carbonyl (C=O) groups excluding carboxylic acids is 1. The van der Waals surface area contributed by atoms with Crippen LogP contribution in [0.2, 0.25) is 0 Å². The highest BCUT2D eigenvalue weighted by atomic mass is 16.7. The van der Waals surface area contributed by atoms with Gasteiger partial charge in [-0.3, -0.25) is 4.79 Å². The maximum Gasteiger partial charge on any atom is 0.249 e. The van der Waals surface area contributed by atoms with E-state index in [1.165, 1.54) is 141 Å². The van der Waals surface area contributed by atoms with Crippen LogP contribution in [0.1, 0.15) is 232 Å². The Morgan fingerprint density at radius 3 is 1.37 bits per heavy atom. The molecule has 9 atom stereocenters. The van der Waals surface area contributed by atoms with Gasteiger partial charge >= 0.3 is 0 Å². The number of ether oxygens (including phenoxy) is 2. The first-order valence-corrected chi connectivity index (χ1v) is 26.9. The molecule has 0 aromatic rings. The number of unbranched alkanes of at least 4 members (excludes halogenated alkanes) is 27. The summed E-state index contributed by atoms with van der Waals surface area (Å²) in [5.74, 6) is -0.713. The highest BCUT2D eigenvalue weighted by Crippen LogP contribution is 2.23. The average molecular weight is 924 g/mol. The Bertz CT molecular complexity index is 1150. The molecule has 9 unspecified atom stereocenters. The zero-order valence-electron chi connectivity index (χ0n) is 41.5. The first kappa shape index (κ1) is 61.3. The standard InChI is InChI=1S/C54H101NO10/c1-3-5-7-9-11-13-15-16-17-18-19-20-21-22-23-24-25-26-27-28-29-30-32-33-35-37-39-41-46(57)49(59)45(44-64-54-52(62)51(61)50(60)48(43-56)65-54)55-53(63)47(58)42-40-38-36-34-31-14-12-10-8-6-4-2/h24-25,28-29,33,35,45-52,54,56-62H,3-23,26-27,30-32,34,36-44H2,1-2H3,(H,55,63)/b25-24+,29-28+,35-33+. The molecule has 8 N–H and O–H groups in total. The van der Waals surface area contributed by atoms with Crippen molar-refractivity contribution in [3.05, 3.63) is 36.5 Å². The summed E-state index contributed by atoms with van der Waals surface area (Å²) in [5.41, 5.74) is 0. The van der Waals surface area contributed by atoms with Crippen molar-refractivity contribution in [1.29, 1.82) is 0 Å². The number of nitrogens with one attached hydrogen (secondary N) is 1. The van der Waals surface area contributed by atoms with Crippen molar-refractivity contribution < 1.29 is 50.0 Å². The molecular weight excluding hydrogens is 823 g/mol. The molecule has 65 heavy (non-hydrogen) atoms. The Morgan fingerprint density at radius 2 is 0.923 bits per heavy atom. The minimum Gasteiger partial charge on any atom is -0.394 e. The maximum absolute atomic E-state index is 13.1. The third kappa shape index (κ3) is 32.7. The van der Waals surface area contributed by atoms with Gasteiger partial charge < -0.3 is 50.5 Å². The van der Waals surface area contributed by atoms with E-state index in [9.17, 15) is 40.5 Å². The number of hydrogen-bond donors (Lipinski definition) is 8. The van der Waals surface area contributed by atoms with Crippen molar-refractivity contribution in [2.24, 2.45) is 0 Å². The summed E-state index contributed by atoms with van der Waals surface area (Å²) in [6, 6.07) is -1.19. The minimum atomic E-state index is -1.67. The van der Waals surface area contributed by atoms with Crippen LogP contribution in [0.25, 0.3) is 0 Å². The molecule has 1 rings (SSSR count). The largest absolute Gasteiger partial charge is 0.394 e. The molecule has 0 spiro atoms. The van der Waals surface area contributed by atoms with Gasteiger partial charge in [0.05, 0.1) is 25.4 Å². The van der Waals surface area contributed by atoms with Gasteiger partial charge in [-0.25, -0.2) is 0 Å². The average Bonchev–Trinajstić information content (AvgIpc) is 3.31. The number of carbonyl (C=O) groups is 1. The van der Waals surface area contributed by atoms with Crippen LogP contribution in [0.15, 0.2) is 36.5 Å². The summed E-state index contributed by atoms with van der Waals surface area (Å²) >= 11 is 0. The summed E-state index contributed by atoms with van der Waals surface area (Å²) in [7, 11) is 0. The zero-order valence-corrected chi connectivity index (χ0v) is 41.5. The molecule has 0 aliphatic carbocycles. The second-order valence-corrected chi connectivity index (χ2v) is 18.9.